The first-order valence-corrected chi connectivity index (χ1v) is 6.32. The number of carbonyl (C=O) groups excluding carboxylic acids is 1. The van der Waals surface area contributed by atoms with Crippen molar-refractivity contribution in [2.45, 2.75) is 6.61 Å². The van der Waals surface area contributed by atoms with E-state index in [2.05, 4.69) is 15.9 Å². The van der Waals surface area contributed by atoms with Gasteiger partial charge >= 0.3 is 5.97 Å². The first kappa shape index (κ1) is 13.5. The van der Waals surface area contributed by atoms with Crippen molar-refractivity contribution in [2.75, 3.05) is 5.73 Å². The minimum Gasteiger partial charge on any atom is -0.457 e. The fourth-order valence-corrected chi connectivity index (χ4v) is 2.12. The van der Waals surface area contributed by atoms with Crippen molar-refractivity contribution in [1.82, 2.24) is 0 Å². The molecule has 5 heteroatoms. The van der Waals surface area contributed by atoms with Gasteiger partial charge in [0.25, 0.3) is 0 Å². The first-order chi connectivity index (χ1) is 9.06. The minimum atomic E-state index is -0.529. The zero-order valence-electron chi connectivity index (χ0n) is 9.90. The highest BCUT2D eigenvalue weighted by Crippen LogP contribution is 2.17. The molecule has 2 rings (SSSR count). The summed E-state index contributed by atoms with van der Waals surface area (Å²) in [4.78, 5) is 11.8. The number of hydrogen-bond donors (Lipinski definition) is 1. The fraction of sp³-hybridized carbons (Fsp3) is 0.0714. The van der Waals surface area contributed by atoms with Gasteiger partial charge in [0.15, 0.2) is 0 Å². The van der Waals surface area contributed by atoms with Crippen molar-refractivity contribution in [3.8, 4) is 0 Å². The maximum Gasteiger partial charge on any atom is 0.340 e. The third-order valence-electron chi connectivity index (χ3n) is 2.47. The molecule has 0 aliphatic heterocycles. The Labute approximate surface area is 118 Å². The van der Waals surface area contributed by atoms with Gasteiger partial charge in [0.1, 0.15) is 12.4 Å². The van der Waals surface area contributed by atoms with Crippen molar-refractivity contribution >= 4 is 27.6 Å². The number of para-hydroxylation sites is 1. The van der Waals surface area contributed by atoms with Gasteiger partial charge in [-0.25, -0.2) is 9.18 Å². The van der Waals surface area contributed by atoms with Gasteiger partial charge in [-0.15, -0.1) is 0 Å². The van der Waals surface area contributed by atoms with Crippen LogP contribution in [0.15, 0.2) is 46.9 Å². The molecule has 0 atom stereocenters. The quantitative estimate of drug-likeness (QED) is 0.694. The second-order valence-electron chi connectivity index (χ2n) is 3.94. The molecule has 0 aliphatic carbocycles. The summed E-state index contributed by atoms with van der Waals surface area (Å²) in [7, 11) is 0. The van der Waals surface area contributed by atoms with E-state index in [-0.39, 0.29) is 12.4 Å². The number of esters is 1. The molecule has 0 saturated carbocycles. The smallest absolute Gasteiger partial charge is 0.340 e. The van der Waals surface area contributed by atoms with Crippen molar-refractivity contribution < 1.29 is 13.9 Å². The van der Waals surface area contributed by atoms with Crippen LogP contribution in [0.3, 0.4) is 0 Å². The molecule has 2 aromatic rings. The zero-order valence-corrected chi connectivity index (χ0v) is 11.5. The summed E-state index contributed by atoms with van der Waals surface area (Å²) in [5.41, 5.74) is 6.89. The number of carbonyl (C=O) groups is 1. The Morgan fingerprint density at radius 3 is 2.68 bits per heavy atom. The van der Waals surface area contributed by atoms with E-state index in [4.69, 9.17) is 10.5 Å². The molecule has 0 radical (unpaired) electrons. The summed E-state index contributed by atoms with van der Waals surface area (Å²) >= 11 is 3.18. The number of nitrogens with two attached hydrogens (primary N) is 1. The molecular formula is C14H11BrFNO2. The summed E-state index contributed by atoms with van der Waals surface area (Å²) < 4.78 is 18.8. The van der Waals surface area contributed by atoms with Crippen LogP contribution in [0.5, 0.6) is 0 Å². The van der Waals surface area contributed by atoms with E-state index in [9.17, 15) is 9.18 Å². The second kappa shape index (κ2) is 5.84. The summed E-state index contributed by atoms with van der Waals surface area (Å²) in [6.07, 6.45) is 0. The molecule has 0 fully saturated rings. The Balaban J connectivity index is 2.07. The molecule has 0 saturated heterocycles. The monoisotopic (exact) mass is 323 g/mol. The Hall–Kier alpha value is -1.88. The van der Waals surface area contributed by atoms with Crippen LogP contribution in [-0.4, -0.2) is 5.97 Å². The molecule has 0 spiro atoms. The van der Waals surface area contributed by atoms with Crippen LogP contribution in [0.4, 0.5) is 10.1 Å². The molecule has 98 valence electrons. The van der Waals surface area contributed by atoms with E-state index < -0.39 is 5.97 Å². The van der Waals surface area contributed by atoms with Crippen LogP contribution in [0.25, 0.3) is 0 Å². The molecule has 0 aliphatic rings. The average Bonchev–Trinajstić information content (AvgIpc) is 2.35. The van der Waals surface area contributed by atoms with E-state index in [0.29, 0.717) is 21.3 Å². The van der Waals surface area contributed by atoms with Gasteiger partial charge in [-0.1, -0.05) is 28.1 Å². The number of nitrogen functional groups attached to an aromatic ring is 1. The second-order valence-corrected chi connectivity index (χ2v) is 4.86. The molecule has 3 nitrogen and oxygen atoms in total. The van der Waals surface area contributed by atoms with Crippen molar-refractivity contribution in [1.29, 1.82) is 0 Å². The summed E-state index contributed by atoms with van der Waals surface area (Å²) in [5.74, 6) is -0.918. The molecule has 0 bridgehead atoms. The van der Waals surface area contributed by atoms with Gasteiger partial charge in [-0.3, -0.25) is 0 Å². The Morgan fingerprint density at radius 2 is 2.00 bits per heavy atom. The molecule has 19 heavy (non-hydrogen) atoms. The molecule has 2 N–H and O–H groups in total. The lowest BCUT2D eigenvalue weighted by atomic mass is 10.2. The topological polar surface area (TPSA) is 52.3 Å². The Morgan fingerprint density at radius 1 is 1.26 bits per heavy atom. The third-order valence-corrected chi connectivity index (χ3v) is 2.93. The van der Waals surface area contributed by atoms with Gasteiger partial charge in [-0.2, -0.15) is 0 Å². The van der Waals surface area contributed by atoms with Crippen molar-refractivity contribution in [3.63, 3.8) is 0 Å². The summed E-state index contributed by atoms with van der Waals surface area (Å²) in [5, 5.41) is 0. The Bertz CT molecular complexity index is 596. The molecule has 0 amide bonds. The largest absolute Gasteiger partial charge is 0.457 e. The first-order valence-electron chi connectivity index (χ1n) is 5.53. The minimum absolute atomic E-state index is 0.0104. The maximum atomic E-state index is 13.1. The molecule has 0 unspecified atom stereocenters. The number of halogens is 2. The normalized spacial score (nSPS) is 10.2. The fourth-order valence-electron chi connectivity index (χ4n) is 1.60. The van der Waals surface area contributed by atoms with Crippen LogP contribution in [0.2, 0.25) is 0 Å². The van der Waals surface area contributed by atoms with Crippen LogP contribution in [-0.2, 0) is 11.3 Å². The number of rotatable bonds is 3. The number of hydrogen-bond acceptors (Lipinski definition) is 3. The van der Waals surface area contributed by atoms with Gasteiger partial charge in [0.2, 0.25) is 0 Å². The van der Waals surface area contributed by atoms with E-state index in [1.165, 1.54) is 12.1 Å². The SMILES string of the molecule is Nc1ccccc1C(=O)OCc1cc(F)cc(Br)c1. The van der Waals surface area contributed by atoms with E-state index in [1.807, 2.05) is 0 Å². The van der Waals surface area contributed by atoms with Crippen LogP contribution < -0.4 is 5.73 Å². The van der Waals surface area contributed by atoms with Crippen molar-refractivity contribution in [3.05, 3.63) is 63.9 Å². The van der Waals surface area contributed by atoms with Crippen LogP contribution in [0.1, 0.15) is 15.9 Å². The predicted octanol–water partition coefficient (Wildman–Crippen LogP) is 3.53. The molecular weight excluding hydrogens is 313 g/mol. The lowest BCUT2D eigenvalue weighted by Gasteiger charge is -2.07. The molecule has 2 aromatic carbocycles. The van der Waals surface area contributed by atoms with E-state index in [1.54, 1.807) is 30.3 Å². The van der Waals surface area contributed by atoms with Gasteiger partial charge in [0, 0.05) is 10.2 Å². The highest BCUT2D eigenvalue weighted by Gasteiger charge is 2.10. The predicted molar refractivity (Wildman–Crippen MR) is 74.1 cm³/mol. The third kappa shape index (κ3) is 3.54. The lowest BCUT2D eigenvalue weighted by molar-refractivity contribution is 0.0473. The van der Waals surface area contributed by atoms with E-state index >= 15 is 0 Å². The zero-order chi connectivity index (χ0) is 13.8. The molecule has 0 heterocycles. The number of ether oxygens (including phenoxy) is 1. The van der Waals surface area contributed by atoms with Crippen molar-refractivity contribution in [2.24, 2.45) is 0 Å². The van der Waals surface area contributed by atoms with Crippen LogP contribution in [0, 0.1) is 5.82 Å². The highest BCUT2D eigenvalue weighted by atomic mass is 79.9. The summed E-state index contributed by atoms with van der Waals surface area (Å²) in [6.45, 7) is -0.0104. The van der Waals surface area contributed by atoms with E-state index in [0.717, 1.165) is 0 Å². The number of benzene rings is 2. The average molecular weight is 324 g/mol. The highest BCUT2D eigenvalue weighted by molar-refractivity contribution is 9.10. The maximum absolute atomic E-state index is 13.1. The lowest BCUT2D eigenvalue weighted by Crippen LogP contribution is -2.08. The summed E-state index contributed by atoms with van der Waals surface area (Å²) in [6, 6.07) is 11.0. The Kier molecular flexibility index (Phi) is 4.16. The number of anilines is 1. The van der Waals surface area contributed by atoms with Gasteiger partial charge < -0.3 is 10.5 Å². The molecule has 0 aromatic heterocycles. The van der Waals surface area contributed by atoms with Gasteiger partial charge in [-0.05, 0) is 35.9 Å². The standard InChI is InChI=1S/C14H11BrFNO2/c15-10-5-9(6-11(16)7-10)8-19-14(18)12-3-1-2-4-13(12)17/h1-7H,8,17H2. The van der Waals surface area contributed by atoms with Gasteiger partial charge in [0.05, 0.1) is 5.56 Å². The van der Waals surface area contributed by atoms with Crippen LogP contribution >= 0.6 is 15.9 Å².